The summed E-state index contributed by atoms with van der Waals surface area (Å²) in [5.74, 6) is 1.43. The van der Waals surface area contributed by atoms with Gasteiger partial charge in [0.15, 0.2) is 0 Å². The third-order valence-corrected chi connectivity index (χ3v) is 3.74. The largest absolute Gasteiger partial charge is 0.493 e. The molecule has 0 radical (unpaired) electrons. The number of nitrogens with zero attached hydrogens (tertiary/aromatic N) is 1. The molecule has 2 N–H and O–H groups in total. The number of fused-ring (bicyclic) bond motifs is 1. The third-order valence-electron chi connectivity index (χ3n) is 3.74. The standard InChI is InChI=1S/C17H19N3O2/c1-12-6-4-10-18-16(12)20-17(21)19-14-8-5-11-22-15-9-3-2-7-13(14)15/h2-4,6-7,9-10,14H,5,8,11H2,1H3,(H2,18,19,20,21)/t14-/m0/s1. The monoisotopic (exact) mass is 297 g/mol. The first-order valence-electron chi connectivity index (χ1n) is 7.45. The predicted octanol–water partition coefficient (Wildman–Crippen LogP) is 3.43. The molecular formula is C17H19N3O2. The van der Waals surface area contributed by atoms with E-state index in [9.17, 15) is 4.79 Å². The molecule has 1 atom stereocenters. The number of benzene rings is 1. The summed E-state index contributed by atoms with van der Waals surface area (Å²) in [6, 6.07) is 11.3. The molecular weight excluding hydrogens is 278 g/mol. The van der Waals surface area contributed by atoms with Crippen molar-refractivity contribution in [3.05, 3.63) is 53.7 Å². The van der Waals surface area contributed by atoms with Crippen LogP contribution in [-0.2, 0) is 0 Å². The zero-order valence-corrected chi connectivity index (χ0v) is 12.5. The lowest BCUT2D eigenvalue weighted by molar-refractivity contribution is 0.247. The van der Waals surface area contributed by atoms with Gasteiger partial charge < -0.3 is 10.1 Å². The number of aryl methyl sites for hydroxylation is 1. The van der Waals surface area contributed by atoms with Crippen LogP contribution in [0.2, 0.25) is 0 Å². The number of nitrogens with one attached hydrogen (secondary N) is 2. The highest BCUT2D eigenvalue weighted by molar-refractivity contribution is 5.89. The van der Waals surface area contributed by atoms with Gasteiger partial charge in [-0.15, -0.1) is 0 Å². The molecule has 0 aliphatic carbocycles. The summed E-state index contributed by atoms with van der Waals surface area (Å²) in [7, 11) is 0. The van der Waals surface area contributed by atoms with Gasteiger partial charge in [0.2, 0.25) is 0 Å². The van der Waals surface area contributed by atoms with Gasteiger partial charge in [-0.3, -0.25) is 5.32 Å². The Kier molecular flexibility index (Phi) is 4.23. The number of aromatic nitrogens is 1. The third kappa shape index (κ3) is 3.19. The Hall–Kier alpha value is -2.56. The molecule has 0 bridgehead atoms. The van der Waals surface area contributed by atoms with Gasteiger partial charge in [0.1, 0.15) is 11.6 Å². The van der Waals surface area contributed by atoms with Crippen molar-refractivity contribution >= 4 is 11.8 Å². The Balaban J connectivity index is 1.73. The van der Waals surface area contributed by atoms with E-state index in [1.807, 2.05) is 43.3 Å². The van der Waals surface area contributed by atoms with Crippen molar-refractivity contribution in [2.45, 2.75) is 25.8 Å². The smallest absolute Gasteiger partial charge is 0.320 e. The van der Waals surface area contributed by atoms with Crippen LogP contribution in [-0.4, -0.2) is 17.6 Å². The molecule has 1 aliphatic rings. The van der Waals surface area contributed by atoms with Gasteiger partial charge in [-0.2, -0.15) is 0 Å². The molecule has 2 heterocycles. The Morgan fingerprint density at radius 3 is 3.00 bits per heavy atom. The van der Waals surface area contributed by atoms with Crippen LogP contribution in [0.5, 0.6) is 5.75 Å². The molecule has 5 heteroatoms. The summed E-state index contributed by atoms with van der Waals surface area (Å²) in [5, 5.41) is 5.83. The number of amides is 2. The first-order chi connectivity index (χ1) is 10.7. The van der Waals surface area contributed by atoms with Gasteiger partial charge in [-0.25, -0.2) is 9.78 Å². The van der Waals surface area contributed by atoms with Crippen molar-refractivity contribution in [2.24, 2.45) is 0 Å². The number of rotatable bonds is 2. The van der Waals surface area contributed by atoms with E-state index in [0.717, 1.165) is 29.7 Å². The van der Waals surface area contributed by atoms with Crippen molar-refractivity contribution in [3.8, 4) is 5.75 Å². The number of carbonyl (C=O) groups is 1. The molecule has 1 aromatic carbocycles. The highest BCUT2D eigenvalue weighted by Crippen LogP contribution is 2.31. The quantitative estimate of drug-likeness (QED) is 0.892. The van der Waals surface area contributed by atoms with Crippen molar-refractivity contribution in [1.29, 1.82) is 0 Å². The average molecular weight is 297 g/mol. The summed E-state index contributed by atoms with van der Waals surface area (Å²) < 4.78 is 5.71. The fourth-order valence-electron chi connectivity index (χ4n) is 2.59. The second kappa shape index (κ2) is 6.47. The summed E-state index contributed by atoms with van der Waals surface area (Å²) in [5.41, 5.74) is 1.95. The molecule has 1 aliphatic heterocycles. The van der Waals surface area contributed by atoms with Gasteiger partial charge in [0, 0.05) is 11.8 Å². The maximum Gasteiger partial charge on any atom is 0.320 e. The number of para-hydroxylation sites is 1. The van der Waals surface area contributed by atoms with Gasteiger partial charge in [-0.05, 0) is 37.5 Å². The van der Waals surface area contributed by atoms with E-state index in [4.69, 9.17) is 4.74 Å². The number of hydrogen-bond donors (Lipinski definition) is 2. The van der Waals surface area contributed by atoms with Gasteiger partial charge in [-0.1, -0.05) is 24.3 Å². The molecule has 22 heavy (non-hydrogen) atoms. The second-order valence-corrected chi connectivity index (χ2v) is 5.35. The average Bonchev–Trinajstić information content (AvgIpc) is 2.72. The van der Waals surface area contributed by atoms with Crippen LogP contribution < -0.4 is 15.4 Å². The molecule has 5 nitrogen and oxygen atoms in total. The molecule has 3 rings (SSSR count). The lowest BCUT2D eigenvalue weighted by Crippen LogP contribution is -2.33. The van der Waals surface area contributed by atoms with E-state index in [1.165, 1.54) is 0 Å². The molecule has 0 spiro atoms. The van der Waals surface area contributed by atoms with Crippen LogP contribution >= 0.6 is 0 Å². The van der Waals surface area contributed by atoms with Gasteiger partial charge in [0.05, 0.1) is 12.6 Å². The van der Waals surface area contributed by atoms with Crippen LogP contribution in [0.1, 0.15) is 30.0 Å². The summed E-state index contributed by atoms with van der Waals surface area (Å²) in [6.45, 7) is 2.59. The second-order valence-electron chi connectivity index (χ2n) is 5.35. The number of hydrogen-bond acceptors (Lipinski definition) is 3. The van der Waals surface area contributed by atoms with Crippen LogP contribution in [0.15, 0.2) is 42.6 Å². The predicted molar refractivity (Wildman–Crippen MR) is 85.0 cm³/mol. The maximum absolute atomic E-state index is 12.3. The number of urea groups is 1. The zero-order chi connectivity index (χ0) is 15.4. The van der Waals surface area contributed by atoms with E-state index < -0.39 is 0 Å². The SMILES string of the molecule is Cc1cccnc1NC(=O)N[C@H]1CCCOc2ccccc21. The number of pyridine rings is 1. The fourth-order valence-corrected chi connectivity index (χ4v) is 2.59. The Morgan fingerprint density at radius 2 is 2.14 bits per heavy atom. The molecule has 2 amide bonds. The summed E-state index contributed by atoms with van der Waals surface area (Å²) in [6.07, 6.45) is 3.42. The minimum Gasteiger partial charge on any atom is -0.493 e. The molecule has 1 aromatic heterocycles. The molecule has 2 aromatic rings. The number of carbonyl (C=O) groups excluding carboxylic acids is 1. The Labute approximate surface area is 129 Å². The lowest BCUT2D eigenvalue weighted by Gasteiger charge is -2.18. The van der Waals surface area contributed by atoms with Gasteiger partial charge in [0.25, 0.3) is 0 Å². The molecule has 114 valence electrons. The first kappa shape index (κ1) is 14.4. The minimum atomic E-state index is -0.247. The fraction of sp³-hybridized carbons (Fsp3) is 0.294. The zero-order valence-electron chi connectivity index (χ0n) is 12.5. The molecule has 0 saturated carbocycles. The van der Waals surface area contributed by atoms with Crippen LogP contribution in [0.3, 0.4) is 0 Å². The van der Waals surface area contributed by atoms with Crippen LogP contribution in [0.4, 0.5) is 10.6 Å². The Morgan fingerprint density at radius 1 is 1.27 bits per heavy atom. The summed E-state index contributed by atoms with van der Waals surface area (Å²) >= 11 is 0. The highest BCUT2D eigenvalue weighted by atomic mass is 16.5. The van der Waals surface area contributed by atoms with Crippen molar-refractivity contribution < 1.29 is 9.53 Å². The van der Waals surface area contributed by atoms with Crippen molar-refractivity contribution in [2.75, 3.05) is 11.9 Å². The van der Waals surface area contributed by atoms with Crippen LogP contribution in [0.25, 0.3) is 0 Å². The Bertz CT molecular complexity index is 672. The van der Waals surface area contributed by atoms with E-state index >= 15 is 0 Å². The molecule has 0 saturated heterocycles. The van der Waals surface area contributed by atoms with E-state index in [1.54, 1.807) is 6.20 Å². The summed E-state index contributed by atoms with van der Waals surface area (Å²) in [4.78, 5) is 16.4. The lowest BCUT2D eigenvalue weighted by atomic mass is 10.0. The normalized spacial score (nSPS) is 16.9. The molecule has 0 fully saturated rings. The minimum absolute atomic E-state index is 0.0530. The van der Waals surface area contributed by atoms with E-state index in [0.29, 0.717) is 12.4 Å². The van der Waals surface area contributed by atoms with Gasteiger partial charge >= 0.3 is 6.03 Å². The number of ether oxygens (including phenoxy) is 1. The van der Waals surface area contributed by atoms with Crippen LogP contribution in [0, 0.1) is 6.92 Å². The van der Waals surface area contributed by atoms with Crippen molar-refractivity contribution in [1.82, 2.24) is 10.3 Å². The molecule has 0 unspecified atom stereocenters. The van der Waals surface area contributed by atoms with E-state index in [-0.39, 0.29) is 12.1 Å². The van der Waals surface area contributed by atoms with Crippen molar-refractivity contribution in [3.63, 3.8) is 0 Å². The van der Waals surface area contributed by atoms with E-state index in [2.05, 4.69) is 15.6 Å². The highest BCUT2D eigenvalue weighted by Gasteiger charge is 2.21. The number of anilines is 1. The topological polar surface area (TPSA) is 63.2 Å². The first-order valence-corrected chi connectivity index (χ1v) is 7.45. The maximum atomic E-state index is 12.3.